The van der Waals surface area contributed by atoms with Gasteiger partial charge in [0.05, 0.1) is 36.4 Å². The van der Waals surface area contributed by atoms with Gasteiger partial charge in [0, 0.05) is 13.1 Å². The van der Waals surface area contributed by atoms with Gasteiger partial charge in [-0.2, -0.15) is 0 Å². The number of carbonyl (C=O) groups excluding carboxylic acids is 1. The Morgan fingerprint density at radius 3 is 2.37 bits per heavy atom. The van der Waals surface area contributed by atoms with Crippen molar-refractivity contribution in [2.45, 2.75) is 58.0 Å². The molecule has 0 bridgehead atoms. The predicted molar refractivity (Wildman–Crippen MR) is 108 cm³/mol. The second kappa shape index (κ2) is 7.72. The summed E-state index contributed by atoms with van der Waals surface area (Å²) in [5.74, 6) is 1.10. The fraction of sp³-hybridized carbons (Fsp3) is 0.636. The average Bonchev–Trinajstić information content (AvgIpc) is 2.89. The largest absolute Gasteiger partial charge is 0.379 e. The molecular weight excluding hydrogens is 338 g/mol. The van der Waals surface area contributed by atoms with Crippen molar-refractivity contribution in [1.82, 2.24) is 4.90 Å². The van der Waals surface area contributed by atoms with Crippen molar-refractivity contribution in [3.8, 4) is 0 Å². The van der Waals surface area contributed by atoms with E-state index < -0.39 is 5.41 Å². The molecule has 3 fully saturated rings. The number of carbonyl (C=O) groups is 1. The van der Waals surface area contributed by atoms with Crippen LogP contribution >= 0.6 is 0 Å². The summed E-state index contributed by atoms with van der Waals surface area (Å²) in [6.45, 7) is 7.32. The molecule has 5 heteroatoms. The molecule has 0 N–H and O–H groups in total. The predicted octanol–water partition coefficient (Wildman–Crippen LogP) is 3.49. The SMILES string of the molecule is CC1(C)C(=O)N(c2ccccc2)C(=NC2CCCCC2)[C@H]1N1CCOCC1. The van der Waals surface area contributed by atoms with Crippen molar-refractivity contribution < 1.29 is 9.53 Å². The molecule has 2 heterocycles. The minimum Gasteiger partial charge on any atom is -0.379 e. The van der Waals surface area contributed by atoms with Gasteiger partial charge in [-0.15, -0.1) is 0 Å². The van der Waals surface area contributed by atoms with Crippen LogP contribution in [0.2, 0.25) is 0 Å². The fourth-order valence-electron chi connectivity index (χ4n) is 4.76. The van der Waals surface area contributed by atoms with E-state index in [1.165, 1.54) is 19.3 Å². The molecule has 1 aliphatic carbocycles. The number of nitrogens with zero attached hydrogens (tertiary/aromatic N) is 3. The van der Waals surface area contributed by atoms with E-state index in [1.807, 2.05) is 35.2 Å². The van der Waals surface area contributed by atoms with Gasteiger partial charge >= 0.3 is 0 Å². The summed E-state index contributed by atoms with van der Waals surface area (Å²) in [7, 11) is 0. The molecule has 3 aliphatic rings. The number of para-hydroxylation sites is 1. The standard InChI is InChI=1S/C22H31N3O2/c1-22(2)19(24-13-15-27-16-14-24)20(23-17-9-5-3-6-10-17)25(21(22)26)18-11-7-4-8-12-18/h4,7-8,11-12,17,19H,3,5-6,9-10,13-16H2,1-2H3/t19-/m1/s1. The van der Waals surface area contributed by atoms with Crippen molar-refractivity contribution in [3.63, 3.8) is 0 Å². The molecule has 0 unspecified atom stereocenters. The zero-order chi connectivity index (χ0) is 18.9. The average molecular weight is 370 g/mol. The van der Waals surface area contributed by atoms with Crippen LogP contribution in [0.25, 0.3) is 0 Å². The van der Waals surface area contributed by atoms with Crippen LogP contribution in [0.3, 0.4) is 0 Å². The lowest BCUT2D eigenvalue weighted by atomic mass is 9.85. The third-order valence-electron chi connectivity index (χ3n) is 6.23. The number of ether oxygens (including phenoxy) is 1. The lowest BCUT2D eigenvalue weighted by molar-refractivity contribution is -0.126. The maximum Gasteiger partial charge on any atom is 0.240 e. The number of hydrogen-bond acceptors (Lipinski definition) is 4. The van der Waals surface area contributed by atoms with E-state index in [4.69, 9.17) is 9.73 Å². The van der Waals surface area contributed by atoms with Gasteiger partial charge in [-0.05, 0) is 38.8 Å². The topological polar surface area (TPSA) is 45.1 Å². The van der Waals surface area contributed by atoms with Gasteiger partial charge in [0.25, 0.3) is 0 Å². The first kappa shape index (κ1) is 18.6. The van der Waals surface area contributed by atoms with Crippen LogP contribution in [0.4, 0.5) is 5.69 Å². The van der Waals surface area contributed by atoms with Gasteiger partial charge in [-0.25, -0.2) is 0 Å². The Kier molecular flexibility index (Phi) is 5.33. The quantitative estimate of drug-likeness (QED) is 0.819. The lowest BCUT2D eigenvalue weighted by Gasteiger charge is -2.37. The molecule has 0 aromatic heterocycles. The van der Waals surface area contributed by atoms with Crippen LogP contribution in [-0.2, 0) is 9.53 Å². The summed E-state index contributed by atoms with van der Waals surface area (Å²) >= 11 is 0. The molecule has 5 nitrogen and oxygen atoms in total. The number of benzene rings is 1. The van der Waals surface area contributed by atoms with Gasteiger partial charge in [-0.3, -0.25) is 19.6 Å². The van der Waals surface area contributed by atoms with Gasteiger partial charge in [0.1, 0.15) is 5.84 Å². The van der Waals surface area contributed by atoms with Crippen molar-refractivity contribution in [3.05, 3.63) is 30.3 Å². The van der Waals surface area contributed by atoms with E-state index in [0.29, 0.717) is 6.04 Å². The number of morpholine rings is 1. The smallest absolute Gasteiger partial charge is 0.240 e. The van der Waals surface area contributed by atoms with Crippen molar-refractivity contribution in [1.29, 1.82) is 0 Å². The summed E-state index contributed by atoms with van der Waals surface area (Å²) < 4.78 is 5.57. The molecule has 0 radical (unpaired) electrons. The minimum absolute atomic E-state index is 0.0102. The Hall–Kier alpha value is -1.72. The lowest BCUT2D eigenvalue weighted by Crippen LogP contribution is -2.52. The van der Waals surface area contributed by atoms with E-state index in [2.05, 4.69) is 18.7 Å². The second-order valence-corrected chi connectivity index (χ2v) is 8.53. The summed E-state index contributed by atoms with van der Waals surface area (Å²) in [4.78, 5) is 23.1. The molecule has 2 saturated heterocycles. The highest BCUT2D eigenvalue weighted by molar-refractivity contribution is 6.27. The number of hydrogen-bond donors (Lipinski definition) is 0. The Labute approximate surface area is 162 Å². The van der Waals surface area contributed by atoms with Crippen molar-refractivity contribution in [2.24, 2.45) is 10.4 Å². The summed E-state index contributed by atoms with van der Waals surface area (Å²) in [6, 6.07) is 10.4. The molecule has 146 valence electrons. The Bertz CT molecular complexity index is 689. The van der Waals surface area contributed by atoms with Crippen LogP contribution in [0.15, 0.2) is 35.3 Å². The van der Waals surface area contributed by atoms with E-state index in [9.17, 15) is 4.79 Å². The third-order valence-corrected chi connectivity index (χ3v) is 6.23. The molecule has 27 heavy (non-hydrogen) atoms. The first-order valence-corrected chi connectivity index (χ1v) is 10.4. The normalized spacial score (nSPS) is 28.8. The number of amides is 1. The highest BCUT2D eigenvalue weighted by Crippen LogP contribution is 2.40. The Morgan fingerprint density at radius 1 is 1.04 bits per heavy atom. The number of anilines is 1. The number of aliphatic imine (C=N–C) groups is 1. The molecule has 1 atom stereocenters. The van der Waals surface area contributed by atoms with Crippen molar-refractivity contribution >= 4 is 17.4 Å². The third kappa shape index (κ3) is 3.55. The highest BCUT2D eigenvalue weighted by Gasteiger charge is 2.55. The molecule has 4 rings (SSSR count). The van der Waals surface area contributed by atoms with Gasteiger partial charge in [-0.1, -0.05) is 37.5 Å². The van der Waals surface area contributed by atoms with Crippen LogP contribution in [0, 0.1) is 5.41 Å². The van der Waals surface area contributed by atoms with Crippen LogP contribution in [0.5, 0.6) is 0 Å². The molecule has 2 aliphatic heterocycles. The Balaban J connectivity index is 1.76. The molecule has 1 amide bonds. The molecule has 1 saturated carbocycles. The maximum atomic E-state index is 13.5. The van der Waals surface area contributed by atoms with Gasteiger partial charge in [0.15, 0.2) is 0 Å². The maximum absolute atomic E-state index is 13.5. The molecular formula is C22H31N3O2. The number of rotatable bonds is 3. The molecule has 1 aromatic rings. The van der Waals surface area contributed by atoms with Crippen LogP contribution in [0.1, 0.15) is 46.0 Å². The van der Waals surface area contributed by atoms with E-state index in [0.717, 1.165) is 50.7 Å². The van der Waals surface area contributed by atoms with E-state index >= 15 is 0 Å². The highest BCUT2D eigenvalue weighted by atomic mass is 16.5. The van der Waals surface area contributed by atoms with Crippen LogP contribution in [-0.4, -0.2) is 55.0 Å². The first-order valence-electron chi connectivity index (χ1n) is 10.4. The van der Waals surface area contributed by atoms with Gasteiger partial charge < -0.3 is 4.74 Å². The molecule has 0 spiro atoms. The second-order valence-electron chi connectivity index (χ2n) is 8.53. The summed E-state index contributed by atoms with van der Waals surface area (Å²) in [6.07, 6.45) is 6.06. The van der Waals surface area contributed by atoms with Crippen molar-refractivity contribution in [2.75, 3.05) is 31.2 Å². The monoisotopic (exact) mass is 369 g/mol. The first-order chi connectivity index (χ1) is 13.1. The van der Waals surface area contributed by atoms with E-state index in [1.54, 1.807) is 0 Å². The zero-order valence-corrected chi connectivity index (χ0v) is 16.6. The fourth-order valence-corrected chi connectivity index (χ4v) is 4.76. The summed E-state index contributed by atoms with van der Waals surface area (Å²) in [5.41, 5.74) is 0.432. The summed E-state index contributed by atoms with van der Waals surface area (Å²) in [5, 5.41) is 0. The molecule has 1 aromatic carbocycles. The van der Waals surface area contributed by atoms with Crippen LogP contribution < -0.4 is 4.90 Å². The van der Waals surface area contributed by atoms with E-state index in [-0.39, 0.29) is 11.9 Å². The zero-order valence-electron chi connectivity index (χ0n) is 16.6. The Morgan fingerprint density at radius 2 is 1.70 bits per heavy atom. The van der Waals surface area contributed by atoms with Gasteiger partial charge in [0.2, 0.25) is 5.91 Å². The number of amidine groups is 1. The minimum atomic E-state index is -0.499.